The lowest BCUT2D eigenvalue weighted by molar-refractivity contribution is 0.210. The normalized spacial score (nSPS) is 23.1. The van der Waals surface area contributed by atoms with E-state index >= 15 is 0 Å². The van der Waals surface area contributed by atoms with Crippen LogP contribution in [-0.4, -0.2) is 37.0 Å². The first kappa shape index (κ1) is 20.9. The molecule has 2 aliphatic heterocycles. The lowest BCUT2D eigenvalue weighted by Crippen LogP contribution is -2.43. The van der Waals surface area contributed by atoms with Crippen molar-refractivity contribution in [2.45, 2.75) is 43.2 Å². The molecular weight excluding hydrogens is 403 g/mol. The number of aliphatic hydroxyl groups is 1. The number of sulfonamides is 1. The number of unbranched alkanes of at least 4 members (excludes halogenated alkanes) is 1. The van der Waals surface area contributed by atoms with Crippen LogP contribution in [0.15, 0.2) is 47.4 Å². The summed E-state index contributed by atoms with van der Waals surface area (Å²) in [5, 5.41) is 13.2. The molecule has 0 bridgehead atoms. The summed E-state index contributed by atoms with van der Waals surface area (Å²) >= 11 is 0. The van der Waals surface area contributed by atoms with Crippen LogP contribution < -0.4 is 5.32 Å². The van der Waals surface area contributed by atoms with E-state index in [0.717, 1.165) is 35.7 Å². The zero-order valence-corrected chi connectivity index (χ0v) is 17.6. The first-order valence-corrected chi connectivity index (χ1v) is 11.7. The molecule has 2 aromatic carbocycles. The summed E-state index contributed by atoms with van der Waals surface area (Å²) < 4.78 is 42.5. The van der Waals surface area contributed by atoms with Crippen LogP contribution in [-0.2, 0) is 10.0 Å². The number of nitrogens with zero attached hydrogens (tertiary/aromatic N) is 1. The Morgan fingerprint density at radius 2 is 2.07 bits per heavy atom. The number of aliphatic hydroxyl groups excluding tert-OH is 1. The minimum Gasteiger partial charge on any atom is -0.394 e. The van der Waals surface area contributed by atoms with Crippen molar-refractivity contribution in [3.8, 4) is 11.8 Å². The molecule has 0 aliphatic carbocycles. The van der Waals surface area contributed by atoms with Gasteiger partial charge < -0.3 is 10.4 Å². The molecule has 0 saturated carbocycles. The molecule has 2 aliphatic rings. The van der Waals surface area contributed by atoms with Crippen LogP contribution in [0.2, 0.25) is 0 Å². The van der Waals surface area contributed by atoms with Crippen molar-refractivity contribution < 1.29 is 17.9 Å². The van der Waals surface area contributed by atoms with Gasteiger partial charge in [-0.25, -0.2) is 12.8 Å². The summed E-state index contributed by atoms with van der Waals surface area (Å²) in [7, 11) is -4.03. The minimum atomic E-state index is -4.03. The maximum Gasteiger partial charge on any atom is 0.246 e. The van der Waals surface area contributed by atoms with Gasteiger partial charge in [0.15, 0.2) is 0 Å². The molecule has 0 amide bonds. The van der Waals surface area contributed by atoms with Crippen LogP contribution in [0.4, 0.5) is 10.1 Å². The first-order valence-electron chi connectivity index (χ1n) is 10.2. The molecule has 30 heavy (non-hydrogen) atoms. The van der Waals surface area contributed by atoms with E-state index < -0.39 is 21.9 Å². The molecule has 2 aromatic rings. The van der Waals surface area contributed by atoms with E-state index in [1.54, 1.807) is 0 Å². The van der Waals surface area contributed by atoms with Gasteiger partial charge in [0.2, 0.25) is 10.0 Å². The summed E-state index contributed by atoms with van der Waals surface area (Å²) in [4.78, 5) is -0.315. The summed E-state index contributed by atoms with van der Waals surface area (Å²) in [6.45, 7) is 2.23. The monoisotopic (exact) mass is 428 g/mol. The van der Waals surface area contributed by atoms with Crippen molar-refractivity contribution in [2.24, 2.45) is 5.92 Å². The third kappa shape index (κ3) is 3.60. The average molecular weight is 429 g/mol. The van der Waals surface area contributed by atoms with E-state index in [1.165, 1.54) is 22.5 Å². The first-order chi connectivity index (χ1) is 14.5. The zero-order valence-electron chi connectivity index (χ0n) is 16.8. The molecule has 158 valence electrons. The van der Waals surface area contributed by atoms with Gasteiger partial charge in [-0.15, -0.1) is 0 Å². The van der Waals surface area contributed by atoms with E-state index in [9.17, 15) is 17.9 Å². The van der Waals surface area contributed by atoms with Crippen molar-refractivity contribution in [1.82, 2.24) is 4.31 Å². The van der Waals surface area contributed by atoms with Crippen LogP contribution in [0.25, 0.3) is 0 Å². The Labute approximate surface area is 177 Å². The number of fused-ring (bicyclic) bond motifs is 3. The van der Waals surface area contributed by atoms with Gasteiger partial charge in [0.05, 0.1) is 18.7 Å². The maximum atomic E-state index is 14.4. The molecule has 7 heteroatoms. The van der Waals surface area contributed by atoms with Crippen LogP contribution in [0.3, 0.4) is 0 Å². The number of hydrogen-bond acceptors (Lipinski definition) is 4. The number of benzene rings is 2. The summed E-state index contributed by atoms with van der Waals surface area (Å²) in [6.07, 6.45) is 2.35. The van der Waals surface area contributed by atoms with Crippen LogP contribution in [0.5, 0.6) is 0 Å². The number of nitrogens with one attached hydrogen (secondary N) is 1. The SMILES string of the molecule is CCCC#Cc1ccc2c(c1)[C@H]1[C@H](CCN1S(=O)(=O)c1ccccc1F)[C@H](CO)N2. The van der Waals surface area contributed by atoms with E-state index in [4.69, 9.17) is 0 Å². The Morgan fingerprint density at radius 3 is 2.80 bits per heavy atom. The van der Waals surface area contributed by atoms with Crippen molar-refractivity contribution in [1.29, 1.82) is 0 Å². The third-order valence-corrected chi connectivity index (χ3v) is 7.77. The minimum absolute atomic E-state index is 0.105. The van der Waals surface area contributed by atoms with Gasteiger partial charge >= 0.3 is 0 Å². The van der Waals surface area contributed by atoms with Crippen molar-refractivity contribution >= 4 is 15.7 Å². The average Bonchev–Trinajstić information content (AvgIpc) is 3.20. The van der Waals surface area contributed by atoms with E-state index in [0.29, 0.717) is 6.42 Å². The molecule has 0 spiro atoms. The molecule has 5 nitrogen and oxygen atoms in total. The van der Waals surface area contributed by atoms with Crippen LogP contribution in [0.1, 0.15) is 43.4 Å². The fourth-order valence-electron chi connectivity index (χ4n) is 4.44. The van der Waals surface area contributed by atoms with Crippen molar-refractivity contribution in [3.63, 3.8) is 0 Å². The second-order valence-electron chi connectivity index (χ2n) is 7.73. The molecule has 0 aromatic heterocycles. The number of rotatable bonds is 4. The maximum absolute atomic E-state index is 14.4. The molecular formula is C23H25FN2O3S. The quantitative estimate of drug-likeness (QED) is 0.732. The summed E-state index contributed by atoms with van der Waals surface area (Å²) in [6, 6.07) is 10.4. The molecule has 0 radical (unpaired) electrons. The fraction of sp³-hybridized carbons (Fsp3) is 0.391. The van der Waals surface area contributed by atoms with Gasteiger partial charge in [-0.3, -0.25) is 0 Å². The molecule has 4 rings (SSSR count). The highest BCUT2D eigenvalue weighted by Crippen LogP contribution is 2.48. The number of anilines is 1. The van der Waals surface area contributed by atoms with E-state index in [1.807, 2.05) is 18.2 Å². The van der Waals surface area contributed by atoms with Crippen molar-refractivity contribution in [2.75, 3.05) is 18.5 Å². The smallest absolute Gasteiger partial charge is 0.246 e. The summed E-state index contributed by atoms with van der Waals surface area (Å²) in [5.74, 6) is 5.40. The Morgan fingerprint density at radius 1 is 1.27 bits per heavy atom. The summed E-state index contributed by atoms with van der Waals surface area (Å²) in [5.41, 5.74) is 2.43. The standard InChI is InChI=1S/C23H25FN2O3S/c1-2-3-4-7-16-10-11-20-18(14-16)23-17(21(15-27)25-20)12-13-26(23)30(28,29)22-9-6-5-8-19(22)24/h5-6,8-11,14,17,21,23,25,27H,2-3,12-13,15H2,1H3/t17-,21+,23-/m1/s1. The lowest BCUT2D eigenvalue weighted by Gasteiger charge is -2.38. The molecule has 1 fully saturated rings. The highest BCUT2D eigenvalue weighted by Gasteiger charge is 2.49. The molecule has 1 saturated heterocycles. The Hall–Kier alpha value is -2.40. The highest BCUT2D eigenvalue weighted by molar-refractivity contribution is 7.89. The van der Waals surface area contributed by atoms with Crippen LogP contribution in [0, 0.1) is 23.6 Å². The van der Waals surface area contributed by atoms with Gasteiger partial charge in [-0.1, -0.05) is 30.9 Å². The number of hydrogen-bond donors (Lipinski definition) is 2. The van der Waals surface area contributed by atoms with Crippen LogP contribution >= 0.6 is 0 Å². The highest BCUT2D eigenvalue weighted by atomic mass is 32.2. The van der Waals surface area contributed by atoms with Gasteiger partial charge in [-0.2, -0.15) is 4.31 Å². The fourth-order valence-corrected chi connectivity index (χ4v) is 6.17. The predicted molar refractivity (Wildman–Crippen MR) is 114 cm³/mol. The third-order valence-electron chi connectivity index (χ3n) is 5.85. The molecule has 2 heterocycles. The van der Waals surface area contributed by atoms with E-state index in [2.05, 4.69) is 24.1 Å². The predicted octanol–water partition coefficient (Wildman–Crippen LogP) is 3.52. The lowest BCUT2D eigenvalue weighted by atomic mass is 9.83. The zero-order chi connectivity index (χ0) is 21.3. The van der Waals surface area contributed by atoms with Gasteiger partial charge in [0, 0.05) is 30.1 Å². The Bertz CT molecular complexity index is 1110. The second kappa shape index (κ2) is 8.38. The Balaban J connectivity index is 1.80. The number of halogens is 1. The molecule has 3 atom stereocenters. The van der Waals surface area contributed by atoms with E-state index in [-0.39, 0.29) is 30.0 Å². The molecule has 0 unspecified atom stereocenters. The largest absolute Gasteiger partial charge is 0.394 e. The Kier molecular flexibility index (Phi) is 5.83. The topological polar surface area (TPSA) is 69.6 Å². The molecule has 2 N–H and O–H groups in total. The second-order valence-corrected chi connectivity index (χ2v) is 9.59. The van der Waals surface area contributed by atoms with Crippen molar-refractivity contribution in [3.05, 3.63) is 59.4 Å². The van der Waals surface area contributed by atoms with Gasteiger partial charge in [0.1, 0.15) is 10.7 Å². The van der Waals surface area contributed by atoms with Gasteiger partial charge in [-0.05, 0) is 48.7 Å². The van der Waals surface area contributed by atoms with Gasteiger partial charge in [0.25, 0.3) is 0 Å².